The van der Waals surface area contributed by atoms with E-state index in [0.717, 1.165) is 45.2 Å². The summed E-state index contributed by atoms with van der Waals surface area (Å²) in [6.07, 6.45) is 1.60. The van der Waals surface area contributed by atoms with Crippen molar-refractivity contribution in [2.24, 2.45) is 15.7 Å². The molecule has 4 rings (SSSR count). The molecule has 3 aliphatic rings. The maximum Gasteiger partial charge on any atom is 0.206 e. The zero-order valence-electron chi connectivity index (χ0n) is 18.7. The van der Waals surface area contributed by atoms with E-state index in [9.17, 15) is 0 Å². The van der Waals surface area contributed by atoms with E-state index in [2.05, 4.69) is 69.8 Å². The number of hydrogen-bond acceptors (Lipinski definition) is 8. The number of para-hydroxylation sites is 1. The van der Waals surface area contributed by atoms with Crippen molar-refractivity contribution in [3.8, 4) is 0 Å². The average molecular weight is 414 g/mol. The monoisotopic (exact) mass is 413 g/mol. The fourth-order valence-electron chi connectivity index (χ4n) is 4.75. The van der Waals surface area contributed by atoms with Crippen molar-refractivity contribution in [3.05, 3.63) is 29.8 Å². The molecular weight excluding hydrogens is 378 g/mol. The van der Waals surface area contributed by atoms with Gasteiger partial charge in [-0.25, -0.2) is 9.98 Å². The van der Waals surface area contributed by atoms with Crippen LogP contribution in [-0.2, 0) is 10.3 Å². The van der Waals surface area contributed by atoms with Gasteiger partial charge in [-0.05, 0) is 33.9 Å². The molecule has 2 saturated heterocycles. The number of nitrogens with two attached hydrogens (primary N) is 1. The molecule has 2 N–H and O–H groups in total. The summed E-state index contributed by atoms with van der Waals surface area (Å²) >= 11 is 0. The molecule has 2 fully saturated rings. The largest absolute Gasteiger partial charge is 0.378 e. The summed E-state index contributed by atoms with van der Waals surface area (Å²) in [5.74, 6) is -0.0230. The van der Waals surface area contributed by atoms with E-state index < -0.39 is 11.3 Å². The highest BCUT2D eigenvalue weighted by molar-refractivity contribution is 5.90. The highest BCUT2D eigenvalue weighted by Crippen LogP contribution is 2.40. The normalized spacial score (nSPS) is 26.2. The van der Waals surface area contributed by atoms with Crippen LogP contribution >= 0.6 is 0 Å². The van der Waals surface area contributed by atoms with E-state index in [1.54, 1.807) is 6.34 Å². The summed E-state index contributed by atoms with van der Waals surface area (Å²) in [6, 6.07) is 8.69. The first kappa shape index (κ1) is 21.1. The number of morpholine rings is 1. The van der Waals surface area contributed by atoms with Crippen LogP contribution in [0.4, 0.5) is 5.69 Å². The molecule has 30 heavy (non-hydrogen) atoms. The van der Waals surface area contributed by atoms with Crippen LogP contribution < -0.4 is 10.6 Å². The van der Waals surface area contributed by atoms with Gasteiger partial charge in [-0.3, -0.25) is 10.6 Å². The van der Waals surface area contributed by atoms with Gasteiger partial charge in [0.05, 0.1) is 18.8 Å². The predicted octanol–water partition coefficient (Wildman–Crippen LogP) is 1.34. The average Bonchev–Trinajstić information content (AvgIpc) is 2.74. The number of anilines is 1. The van der Waals surface area contributed by atoms with Gasteiger partial charge in [-0.2, -0.15) is 0 Å². The van der Waals surface area contributed by atoms with E-state index in [-0.39, 0.29) is 0 Å². The van der Waals surface area contributed by atoms with Crippen LogP contribution in [0.5, 0.6) is 0 Å². The molecule has 8 heteroatoms. The molecular formula is C22H35N7O. The van der Waals surface area contributed by atoms with Crippen molar-refractivity contribution in [2.75, 3.05) is 64.4 Å². The first-order valence-corrected chi connectivity index (χ1v) is 10.9. The van der Waals surface area contributed by atoms with Gasteiger partial charge in [-0.1, -0.05) is 18.2 Å². The molecule has 3 aliphatic heterocycles. The lowest BCUT2D eigenvalue weighted by Gasteiger charge is -2.52. The Balaban J connectivity index is 1.72. The third-order valence-corrected chi connectivity index (χ3v) is 6.41. The van der Waals surface area contributed by atoms with Crippen molar-refractivity contribution in [2.45, 2.75) is 32.1 Å². The van der Waals surface area contributed by atoms with Gasteiger partial charge in [0.2, 0.25) is 5.96 Å². The van der Waals surface area contributed by atoms with Crippen molar-refractivity contribution >= 4 is 18.0 Å². The lowest BCUT2D eigenvalue weighted by molar-refractivity contribution is 0.0329. The zero-order chi connectivity index (χ0) is 21.4. The van der Waals surface area contributed by atoms with E-state index in [1.165, 1.54) is 11.3 Å². The number of likely N-dealkylation sites (N-methyl/N-ethyl adjacent to an activating group) is 1. The van der Waals surface area contributed by atoms with Gasteiger partial charge < -0.3 is 19.4 Å². The number of piperazine rings is 1. The van der Waals surface area contributed by atoms with Gasteiger partial charge in [0.1, 0.15) is 6.34 Å². The van der Waals surface area contributed by atoms with Crippen molar-refractivity contribution < 1.29 is 4.74 Å². The summed E-state index contributed by atoms with van der Waals surface area (Å²) in [7, 11) is 2.18. The number of ether oxygens (including phenoxy) is 1. The van der Waals surface area contributed by atoms with Gasteiger partial charge in [0.15, 0.2) is 5.79 Å². The summed E-state index contributed by atoms with van der Waals surface area (Å²) in [4.78, 5) is 18.6. The molecule has 0 amide bonds. The van der Waals surface area contributed by atoms with Crippen molar-refractivity contribution in [1.29, 1.82) is 0 Å². The van der Waals surface area contributed by atoms with Crippen LogP contribution in [0.3, 0.4) is 0 Å². The molecule has 1 aromatic rings. The fraction of sp³-hybridized carbons (Fsp3) is 0.636. The van der Waals surface area contributed by atoms with Crippen LogP contribution in [0.15, 0.2) is 34.3 Å². The number of aliphatic imine (C=N–C) groups is 2. The van der Waals surface area contributed by atoms with Gasteiger partial charge in [0, 0.05) is 50.5 Å². The Bertz CT molecular complexity index is 805. The fourth-order valence-corrected chi connectivity index (χ4v) is 4.75. The number of rotatable bonds is 3. The molecule has 0 saturated carbocycles. The SMILES string of the molecule is CN1CCN(c2ccccc2C(C)(C)N2C(N3CCOCC3)=NC=NC2(C)N)CC1. The van der Waals surface area contributed by atoms with E-state index in [4.69, 9.17) is 15.5 Å². The Morgan fingerprint density at radius 3 is 2.37 bits per heavy atom. The molecule has 1 aromatic carbocycles. The Hall–Kier alpha value is -2.16. The van der Waals surface area contributed by atoms with Crippen LogP contribution in [0.25, 0.3) is 0 Å². The van der Waals surface area contributed by atoms with Gasteiger partial charge >= 0.3 is 0 Å². The van der Waals surface area contributed by atoms with E-state index in [1.807, 2.05) is 6.92 Å². The molecule has 164 valence electrons. The molecule has 8 nitrogen and oxygen atoms in total. The molecule has 0 radical (unpaired) electrons. The van der Waals surface area contributed by atoms with Crippen LogP contribution in [-0.4, -0.2) is 92.3 Å². The summed E-state index contributed by atoms with van der Waals surface area (Å²) in [5, 5.41) is 0. The first-order valence-electron chi connectivity index (χ1n) is 10.9. The number of guanidine groups is 1. The molecule has 1 atom stereocenters. The second kappa shape index (κ2) is 8.17. The second-order valence-corrected chi connectivity index (χ2v) is 9.07. The Morgan fingerprint density at radius 2 is 1.67 bits per heavy atom. The minimum Gasteiger partial charge on any atom is -0.378 e. The highest BCUT2D eigenvalue weighted by Gasteiger charge is 2.46. The molecule has 1 unspecified atom stereocenters. The third-order valence-electron chi connectivity index (χ3n) is 6.41. The maximum atomic E-state index is 6.76. The van der Waals surface area contributed by atoms with Gasteiger partial charge in [0.25, 0.3) is 0 Å². The lowest BCUT2D eigenvalue weighted by atomic mass is 9.88. The van der Waals surface area contributed by atoms with Crippen LogP contribution in [0, 0.1) is 0 Å². The Labute approximate surface area is 180 Å². The maximum absolute atomic E-state index is 6.76. The predicted molar refractivity (Wildman–Crippen MR) is 122 cm³/mol. The number of nitrogens with zero attached hydrogens (tertiary/aromatic N) is 6. The summed E-state index contributed by atoms with van der Waals surface area (Å²) in [6.45, 7) is 13.6. The minimum absolute atomic E-state index is 0.418. The smallest absolute Gasteiger partial charge is 0.206 e. The minimum atomic E-state index is -0.895. The first-order chi connectivity index (χ1) is 14.3. The van der Waals surface area contributed by atoms with Crippen LogP contribution in [0.2, 0.25) is 0 Å². The summed E-state index contributed by atoms with van der Waals surface area (Å²) < 4.78 is 5.56. The van der Waals surface area contributed by atoms with Crippen molar-refractivity contribution in [3.63, 3.8) is 0 Å². The standard InChI is InChI=1S/C22H35N7O/c1-21(2,18-7-5-6-8-19(18)27-11-9-26(4)10-12-27)29-20(24-17-25-22(29,3)23)28-13-15-30-16-14-28/h5-8,17H,9-16,23H2,1-4H3. The molecule has 0 spiro atoms. The number of hydrogen-bond donors (Lipinski definition) is 1. The van der Waals surface area contributed by atoms with Gasteiger partial charge in [-0.15, -0.1) is 0 Å². The molecule has 0 aliphatic carbocycles. The quantitative estimate of drug-likeness (QED) is 0.806. The summed E-state index contributed by atoms with van der Waals surface area (Å²) in [5.41, 5.74) is 8.85. The number of benzene rings is 1. The topological polar surface area (TPSA) is 72.9 Å². The van der Waals surface area contributed by atoms with E-state index >= 15 is 0 Å². The lowest BCUT2D eigenvalue weighted by Crippen LogP contribution is -2.67. The molecule has 3 heterocycles. The van der Waals surface area contributed by atoms with Crippen molar-refractivity contribution in [1.82, 2.24) is 14.7 Å². The zero-order valence-corrected chi connectivity index (χ0v) is 18.7. The second-order valence-electron chi connectivity index (χ2n) is 9.07. The molecule has 0 bridgehead atoms. The van der Waals surface area contributed by atoms with Crippen LogP contribution in [0.1, 0.15) is 26.3 Å². The molecule has 0 aromatic heterocycles. The van der Waals surface area contributed by atoms with E-state index in [0.29, 0.717) is 13.2 Å². The Morgan fingerprint density at radius 1 is 1.00 bits per heavy atom. The Kier molecular flexibility index (Phi) is 5.74. The third kappa shape index (κ3) is 3.91. The highest BCUT2D eigenvalue weighted by atomic mass is 16.5.